The van der Waals surface area contributed by atoms with Gasteiger partial charge in [-0.15, -0.1) is 0 Å². The molecular formula is C20H29FO4. The van der Waals surface area contributed by atoms with Gasteiger partial charge in [0, 0.05) is 11.5 Å². The van der Waals surface area contributed by atoms with Crippen LogP contribution in [0.25, 0.3) is 0 Å². The van der Waals surface area contributed by atoms with Gasteiger partial charge in [-0.2, -0.15) is 0 Å². The maximum atomic E-state index is 14.4. The van der Waals surface area contributed by atoms with Gasteiger partial charge in [0.05, 0.1) is 25.4 Å². The lowest BCUT2D eigenvalue weighted by Gasteiger charge is -2.29. The van der Waals surface area contributed by atoms with Crippen molar-refractivity contribution in [3.05, 3.63) is 35.1 Å². The van der Waals surface area contributed by atoms with Crippen molar-refractivity contribution in [3.63, 3.8) is 0 Å². The van der Waals surface area contributed by atoms with E-state index in [1.807, 2.05) is 0 Å². The van der Waals surface area contributed by atoms with E-state index >= 15 is 0 Å². The van der Waals surface area contributed by atoms with Gasteiger partial charge in [-0.05, 0) is 25.0 Å². The Morgan fingerprint density at radius 1 is 1.16 bits per heavy atom. The van der Waals surface area contributed by atoms with Crippen molar-refractivity contribution >= 4 is 5.97 Å². The van der Waals surface area contributed by atoms with E-state index < -0.39 is 18.1 Å². The normalized spacial score (nSPS) is 20.4. The molecule has 1 aromatic carbocycles. The maximum Gasteiger partial charge on any atom is 0.338 e. The fourth-order valence-electron chi connectivity index (χ4n) is 2.92. The number of hydrogen-bond acceptors (Lipinski definition) is 4. The highest BCUT2D eigenvalue weighted by Crippen LogP contribution is 2.29. The maximum absolute atomic E-state index is 14.4. The lowest BCUT2D eigenvalue weighted by atomic mass is 10.0. The molecule has 1 saturated heterocycles. The minimum atomic E-state index is -0.702. The Kier molecular flexibility index (Phi) is 8.35. The highest BCUT2D eigenvalue weighted by Gasteiger charge is 2.25. The molecule has 0 saturated carbocycles. The Balaban J connectivity index is 1.86. The Morgan fingerprint density at radius 2 is 1.92 bits per heavy atom. The quantitative estimate of drug-likeness (QED) is 0.462. The first kappa shape index (κ1) is 19.9. The summed E-state index contributed by atoms with van der Waals surface area (Å²) in [4.78, 5) is 12.0. The van der Waals surface area contributed by atoms with E-state index in [2.05, 4.69) is 13.8 Å². The van der Waals surface area contributed by atoms with E-state index in [0.29, 0.717) is 31.3 Å². The Hall–Kier alpha value is -1.46. The lowest BCUT2D eigenvalue weighted by Crippen LogP contribution is -2.27. The van der Waals surface area contributed by atoms with Crippen LogP contribution in [0.4, 0.5) is 4.39 Å². The average Bonchev–Trinajstić information content (AvgIpc) is 2.62. The predicted octanol–water partition coefficient (Wildman–Crippen LogP) is 5.02. The summed E-state index contributed by atoms with van der Waals surface area (Å²) in [5.74, 6) is -0.624. The third-order valence-electron chi connectivity index (χ3n) is 4.38. The first-order valence-electron chi connectivity index (χ1n) is 9.35. The first-order valence-corrected chi connectivity index (χ1v) is 9.35. The lowest BCUT2D eigenvalue weighted by molar-refractivity contribution is -0.207. The summed E-state index contributed by atoms with van der Waals surface area (Å²) in [5, 5.41) is 0. The number of unbranched alkanes of at least 4 members (excludes halogenated alkanes) is 3. The minimum absolute atomic E-state index is 0.219. The zero-order valence-electron chi connectivity index (χ0n) is 15.3. The number of carbonyl (C=O) groups excluding carboxylic acids is 1. The van der Waals surface area contributed by atoms with Gasteiger partial charge >= 0.3 is 5.97 Å². The van der Waals surface area contributed by atoms with Gasteiger partial charge in [0.15, 0.2) is 6.29 Å². The van der Waals surface area contributed by atoms with E-state index in [4.69, 9.17) is 14.2 Å². The van der Waals surface area contributed by atoms with Crippen LogP contribution in [0.3, 0.4) is 0 Å². The summed E-state index contributed by atoms with van der Waals surface area (Å²) < 4.78 is 30.8. The molecule has 0 atom stereocenters. The summed E-state index contributed by atoms with van der Waals surface area (Å²) in [7, 11) is 0. The van der Waals surface area contributed by atoms with Crippen LogP contribution < -0.4 is 0 Å². The van der Waals surface area contributed by atoms with Gasteiger partial charge in [-0.25, -0.2) is 9.18 Å². The molecule has 1 aromatic rings. The SMILES string of the molecule is CCCCCCOC(=O)c1ccc(C2OCC(CCC)CO2)c(F)c1. The molecule has 0 spiro atoms. The summed E-state index contributed by atoms with van der Waals surface area (Å²) in [6, 6.07) is 4.32. The average molecular weight is 352 g/mol. The molecule has 1 aliphatic rings. The topological polar surface area (TPSA) is 44.8 Å². The third-order valence-corrected chi connectivity index (χ3v) is 4.38. The number of esters is 1. The number of benzene rings is 1. The number of halogens is 1. The minimum Gasteiger partial charge on any atom is -0.462 e. The molecule has 0 radical (unpaired) electrons. The van der Waals surface area contributed by atoms with Crippen molar-refractivity contribution in [2.75, 3.05) is 19.8 Å². The number of ether oxygens (including phenoxy) is 3. The molecule has 1 fully saturated rings. The van der Waals surface area contributed by atoms with Crippen LogP contribution in [0.1, 0.15) is 74.6 Å². The molecule has 0 aromatic heterocycles. The first-order chi connectivity index (χ1) is 12.2. The molecule has 0 amide bonds. The molecule has 4 nitrogen and oxygen atoms in total. The molecule has 0 bridgehead atoms. The predicted molar refractivity (Wildman–Crippen MR) is 93.9 cm³/mol. The Morgan fingerprint density at radius 3 is 2.56 bits per heavy atom. The van der Waals surface area contributed by atoms with E-state index in [1.54, 1.807) is 12.1 Å². The molecule has 25 heavy (non-hydrogen) atoms. The highest BCUT2D eigenvalue weighted by atomic mass is 19.1. The standard InChI is InChI=1S/C20H29FO4/c1-3-5-6-7-11-23-19(22)16-9-10-17(18(21)12-16)20-24-13-15(8-4-2)14-25-20/h9-10,12,15,20H,3-8,11,13-14H2,1-2H3. The highest BCUT2D eigenvalue weighted by molar-refractivity contribution is 5.89. The number of rotatable bonds is 9. The van der Waals surface area contributed by atoms with E-state index in [9.17, 15) is 9.18 Å². The van der Waals surface area contributed by atoms with Gasteiger partial charge in [-0.1, -0.05) is 45.6 Å². The van der Waals surface area contributed by atoms with Crippen LogP contribution in [-0.2, 0) is 14.2 Å². The second kappa shape index (κ2) is 10.5. The van der Waals surface area contributed by atoms with E-state index in [-0.39, 0.29) is 5.56 Å². The van der Waals surface area contributed by atoms with Gasteiger partial charge in [0.2, 0.25) is 0 Å². The molecule has 0 N–H and O–H groups in total. The van der Waals surface area contributed by atoms with E-state index in [0.717, 1.165) is 38.5 Å². The van der Waals surface area contributed by atoms with Crippen molar-refractivity contribution in [1.82, 2.24) is 0 Å². The van der Waals surface area contributed by atoms with Crippen molar-refractivity contribution in [2.45, 2.75) is 58.7 Å². The fraction of sp³-hybridized carbons (Fsp3) is 0.650. The summed E-state index contributed by atoms with van der Waals surface area (Å²) in [6.45, 7) is 5.75. The Bertz CT molecular complexity index is 538. The summed E-state index contributed by atoms with van der Waals surface area (Å²) in [5.41, 5.74) is 0.547. The molecule has 0 unspecified atom stereocenters. The van der Waals surface area contributed by atoms with Gasteiger partial charge in [0.25, 0.3) is 0 Å². The van der Waals surface area contributed by atoms with E-state index in [1.165, 1.54) is 6.07 Å². The largest absolute Gasteiger partial charge is 0.462 e. The van der Waals surface area contributed by atoms with Crippen molar-refractivity contribution in [2.24, 2.45) is 5.92 Å². The van der Waals surface area contributed by atoms with Gasteiger partial charge in [-0.3, -0.25) is 0 Å². The van der Waals surface area contributed by atoms with Gasteiger partial charge in [0.1, 0.15) is 5.82 Å². The summed E-state index contributed by atoms with van der Waals surface area (Å²) >= 11 is 0. The van der Waals surface area contributed by atoms with Crippen LogP contribution >= 0.6 is 0 Å². The van der Waals surface area contributed by atoms with Crippen LogP contribution in [0.5, 0.6) is 0 Å². The molecule has 5 heteroatoms. The van der Waals surface area contributed by atoms with Gasteiger partial charge < -0.3 is 14.2 Å². The van der Waals surface area contributed by atoms with Crippen LogP contribution in [0.15, 0.2) is 18.2 Å². The molecular weight excluding hydrogens is 323 g/mol. The second-order valence-corrected chi connectivity index (χ2v) is 6.59. The van der Waals surface area contributed by atoms with Crippen LogP contribution in [-0.4, -0.2) is 25.8 Å². The molecule has 1 heterocycles. The molecule has 140 valence electrons. The molecule has 1 aliphatic heterocycles. The van der Waals surface area contributed by atoms with Crippen LogP contribution in [0.2, 0.25) is 0 Å². The third kappa shape index (κ3) is 6.08. The fourth-order valence-corrected chi connectivity index (χ4v) is 2.92. The van der Waals surface area contributed by atoms with Crippen molar-refractivity contribution in [1.29, 1.82) is 0 Å². The zero-order valence-corrected chi connectivity index (χ0v) is 15.3. The van der Waals surface area contributed by atoms with Crippen molar-refractivity contribution in [3.8, 4) is 0 Å². The monoisotopic (exact) mass is 352 g/mol. The van der Waals surface area contributed by atoms with Crippen molar-refractivity contribution < 1.29 is 23.4 Å². The number of hydrogen-bond donors (Lipinski definition) is 0. The Labute approximate surface area is 149 Å². The number of carbonyl (C=O) groups is 1. The van der Waals surface area contributed by atoms with Crippen LogP contribution in [0, 0.1) is 11.7 Å². The summed E-state index contributed by atoms with van der Waals surface area (Å²) in [6.07, 6.45) is 5.54. The smallest absolute Gasteiger partial charge is 0.338 e. The zero-order chi connectivity index (χ0) is 18.1. The molecule has 0 aliphatic carbocycles. The second-order valence-electron chi connectivity index (χ2n) is 6.59. The molecule has 2 rings (SSSR count).